The number of hydrogen-bond donors (Lipinski definition) is 1. The number of anilines is 1. The van der Waals surface area contributed by atoms with E-state index in [9.17, 15) is 22.4 Å². The lowest BCUT2D eigenvalue weighted by Gasteiger charge is -2.35. The minimum Gasteiger partial charge on any atom is -0.352 e. The minimum absolute atomic E-state index is 0.0173. The van der Waals surface area contributed by atoms with Crippen molar-refractivity contribution in [2.45, 2.75) is 50.7 Å². The van der Waals surface area contributed by atoms with Crippen molar-refractivity contribution < 1.29 is 22.4 Å². The Morgan fingerprint density at radius 1 is 0.952 bits per heavy atom. The molecule has 1 aliphatic carbocycles. The molecule has 4 rings (SSSR count). The van der Waals surface area contributed by atoms with Gasteiger partial charge in [0.05, 0.1) is 5.69 Å². The molecule has 1 saturated carbocycles. The lowest BCUT2D eigenvalue weighted by molar-refractivity contribution is -0.140. The topological polar surface area (TPSA) is 90.0 Å². The van der Waals surface area contributed by atoms with Crippen LogP contribution in [0.15, 0.2) is 78.9 Å². The lowest BCUT2D eigenvalue weighted by Crippen LogP contribution is -2.55. The smallest absolute Gasteiger partial charge is 0.304 e. The van der Waals surface area contributed by atoms with Crippen LogP contribution < -0.4 is 9.62 Å². The predicted molar refractivity (Wildman–Crippen MR) is 163 cm³/mol. The van der Waals surface area contributed by atoms with Gasteiger partial charge in [0.1, 0.15) is 18.4 Å². The quantitative estimate of drug-likeness (QED) is 0.318. The number of carbonyl (C=O) groups excluding carboxylic acids is 2. The molecule has 3 aromatic rings. The zero-order valence-corrected chi connectivity index (χ0v) is 25.3. The Balaban J connectivity index is 1.75. The second-order valence-corrected chi connectivity index (χ2v) is 13.1. The maximum Gasteiger partial charge on any atom is 0.304 e. The van der Waals surface area contributed by atoms with Crippen LogP contribution >= 0.6 is 11.6 Å². The van der Waals surface area contributed by atoms with E-state index in [0.29, 0.717) is 10.6 Å². The molecule has 0 heterocycles. The first-order valence-electron chi connectivity index (χ1n) is 13.9. The number of nitrogens with one attached hydrogen (secondary N) is 1. The monoisotopic (exact) mass is 614 g/mol. The van der Waals surface area contributed by atoms with E-state index in [4.69, 9.17) is 11.6 Å². The van der Waals surface area contributed by atoms with Crippen LogP contribution in [0.5, 0.6) is 0 Å². The van der Waals surface area contributed by atoms with E-state index in [1.54, 1.807) is 24.3 Å². The molecule has 11 heteroatoms. The Morgan fingerprint density at radius 3 is 2.21 bits per heavy atom. The van der Waals surface area contributed by atoms with Crippen LogP contribution in [-0.2, 0) is 32.8 Å². The van der Waals surface area contributed by atoms with Crippen LogP contribution in [0.1, 0.15) is 36.8 Å². The summed E-state index contributed by atoms with van der Waals surface area (Å²) >= 11 is 6.26. The summed E-state index contributed by atoms with van der Waals surface area (Å²) in [5.41, 5.74) is 1.66. The highest BCUT2D eigenvalue weighted by Crippen LogP contribution is 2.24. The summed E-state index contributed by atoms with van der Waals surface area (Å²) < 4.78 is 42.4. The maximum atomic E-state index is 14.2. The predicted octanol–water partition coefficient (Wildman–Crippen LogP) is 4.79. The summed E-state index contributed by atoms with van der Waals surface area (Å²) in [7, 11) is -1.45. The average molecular weight is 615 g/mol. The number of hydrogen-bond acceptors (Lipinski definition) is 4. The van der Waals surface area contributed by atoms with Crippen LogP contribution in [0.25, 0.3) is 0 Å². The molecule has 224 valence electrons. The summed E-state index contributed by atoms with van der Waals surface area (Å²) in [6, 6.07) is 20.3. The van der Waals surface area contributed by atoms with E-state index in [1.165, 1.54) is 31.1 Å². The summed E-state index contributed by atoms with van der Waals surface area (Å²) in [4.78, 5) is 29.6. The van der Waals surface area contributed by atoms with E-state index in [1.807, 2.05) is 30.3 Å². The second-order valence-electron chi connectivity index (χ2n) is 10.6. The van der Waals surface area contributed by atoms with Crippen molar-refractivity contribution in [1.29, 1.82) is 0 Å². The highest BCUT2D eigenvalue weighted by Gasteiger charge is 2.35. The molecule has 1 fully saturated rings. The fourth-order valence-corrected chi connectivity index (χ4v) is 6.35. The first kappa shape index (κ1) is 31.5. The first-order valence-corrected chi connectivity index (χ1v) is 15.7. The molecule has 8 nitrogen and oxygen atoms in total. The van der Waals surface area contributed by atoms with Gasteiger partial charge in [0.25, 0.3) is 0 Å². The molecular formula is C31H36ClFN4O4S. The van der Waals surface area contributed by atoms with Crippen molar-refractivity contribution in [3.05, 3.63) is 101 Å². The van der Waals surface area contributed by atoms with Gasteiger partial charge in [0, 0.05) is 38.1 Å². The molecule has 0 aliphatic heterocycles. The van der Waals surface area contributed by atoms with Crippen LogP contribution in [0.3, 0.4) is 0 Å². The van der Waals surface area contributed by atoms with Crippen molar-refractivity contribution in [2.24, 2.45) is 0 Å². The van der Waals surface area contributed by atoms with Crippen molar-refractivity contribution in [2.75, 3.05) is 24.9 Å². The van der Waals surface area contributed by atoms with Gasteiger partial charge in [-0.2, -0.15) is 12.7 Å². The molecule has 0 radical (unpaired) electrons. The van der Waals surface area contributed by atoms with Gasteiger partial charge >= 0.3 is 10.2 Å². The number of carbonyl (C=O) groups is 2. The summed E-state index contributed by atoms with van der Waals surface area (Å²) in [5.74, 6) is -1.43. The minimum atomic E-state index is -4.16. The average Bonchev–Trinajstić information content (AvgIpc) is 3.47. The van der Waals surface area contributed by atoms with Crippen LogP contribution in [0, 0.1) is 5.82 Å². The molecule has 1 aliphatic rings. The van der Waals surface area contributed by atoms with E-state index in [0.717, 1.165) is 52.0 Å². The third kappa shape index (κ3) is 8.08. The fraction of sp³-hybridized carbons (Fsp3) is 0.355. The van der Waals surface area contributed by atoms with Gasteiger partial charge in [-0.15, -0.1) is 0 Å². The molecule has 1 N–H and O–H groups in total. The Hall–Kier alpha value is -3.47. The van der Waals surface area contributed by atoms with Gasteiger partial charge < -0.3 is 10.2 Å². The van der Waals surface area contributed by atoms with Crippen molar-refractivity contribution in [3.63, 3.8) is 0 Å². The van der Waals surface area contributed by atoms with E-state index in [-0.39, 0.29) is 30.6 Å². The fourth-order valence-electron chi connectivity index (χ4n) is 5.08. The summed E-state index contributed by atoms with van der Waals surface area (Å²) in [6.45, 7) is -0.580. The van der Waals surface area contributed by atoms with Gasteiger partial charge in [0.2, 0.25) is 11.8 Å². The Labute approximate surface area is 252 Å². The maximum absolute atomic E-state index is 14.2. The molecule has 0 bridgehead atoms. The van der Waals surface area contributed by atoms with Gasteiger partial charge in [-0.25, -0.2) is 8.70 Å². The Morgan fingerprint density at radius 2 is 1.60 bits per heavy atom. The van der Waals surface area contributed by atoms with Gasteiger partial charge in [-0.05, 0) is 60.4 Å². The standard InChI is InChI=1S/C31H36ClFN4O4S/c1-35(2)42(40,41)37(28-17-15-26(33)16-18-28)22-30(38)36(21-24-11-8-12-25(32)19-24)29(20-23-9-4-3-5-10-23)31(39)34-27-13-6-7-14-27/h3-5,8-12,15-19,27,29H,6-7,13-14,20-22H2,1-2H3,(H,34,39). The molecule has 1 unspecified atom stereocenters. The van der Waals surface area contributed by atoms with E-state index < -0.39 is 34.5 Å². The number of benzene rings is 3. The molecule has 3 aromatic carbocycles. The third-order valence-electron chi connectivity index (χ3n) is 7.35. The molecule has 0 spiro atoms. The van der Waals surface area contributed by atoms with Crippen molar-refractivity contribution in [1.82, 2.24) is 14.5 Å². The molecular weight excluding hydrogens is 579 g/mol. The normalized spacial score (nSPS) is 14.5. The van der Waals surface area contributed by atoms with Gasteiger partial charge in [0.15, 0.2) is 0 Å². The van der Waals surface area contributed by atoms with Gasteiger partial charge in [-0.1, -0.05) is 66.9 Å². The van der Waals surface area contributed by atoms with Crippen LogP contribution in [-0.4, -0.2) is 62.2 Å². The molecule has 0 saturated heterocycles. The van der Waals surface area contributed by atoms with Crippen molar-refractivity contribution >= 4 is 39.3 Å². The SMILES string of the molecule is CN(C)S(=O)(=O)N(CC(=O)N(Cc1cccc(Cl)c1)C(Cc1ccccc1)C(=O)NC1CCCC1)c1ccc(F)cc1. The van der Waals surface area contributed by atoms with E-state index >= 15 is 0 Å². The summed E-state index contributed by atoms with van der Waals surface area (Å²) in [5, 5.41) is 3.60. The second kappa shape index (κ2) is 14.1. The first-order chi connectivity index (χ1) is 20.0. The zero-order chi connectivity index (χ0) is 30.3. The third-order valence-corrected chi connectivity index (χ3v) is 9.40. The van der Waals surface area contributed by atoms with Crippen molar-refractivity contribution in [3.8, 4) is 0 Å². The molecule has 0 aromatic heterocycles. The number of nitrogens with zero attached hydrogens (tertiary/aromatic N) is 3. The highest BCUT2D eigenvalue weighted by molar-refractivity contribution is 7.90. The number of amides is 2. The Bertz CT molecular complexity index is 1470. The summed E-state index contributed by atoms with van der Waals surface area (Å²) in [6.07, 6.45) is 4.00. The molecule has 1 atom stereocenters. The number of rotatable bonds is 12. The Kier molecular flexibility index (Phi) is 10.6. The molecule has 2 amide bonds. The van der Waals surface area contributed by atoms with Crippen LogP contribution in [0.4, 0.5) is 10.1 Å². The lowest BCUT2D eigenvalue weighted by atomic mass is 10.0. The largest absolute Gasteiger partial charge is 0.352 e. The zero-order valence-electron chi connectivity index (χ0n) is 23.7. The van der Waals surface area contributed by atoms with E-state index in [2.05, 4.69) is 5.32 Å². The molecule has 42 heavy (non-hydrogen) atoms. The highest BCUT2D eigenvalue weighted by atomic mass is 35.5. The van der Waals surface area contributed by atoms with Crippen LogP contribution in [0.2, 0.25) is 5.02 Å². The van der Waals surface area contributed by atoms with Gasteiger partial charge in [-0.3, -0.25) is 9.59 Å². The number of halogens is 2.